The van der Waals surface area contributed by atoms with Gasteiger partial charge in [0.25, 0.3) is 0 Å². The van der Waals surface area contributed by atoms with Crippen molar-refractivity contribution in [3.8, 4) is 0 Å². The number of β-amino-alcohol motifs (C(OH)–C–C–N with tert-alkyl or cyclic N) is 1. The van der Waals surface area contributed by atoms with Crippen LogP contribution >= 0.6 is 11.8 Å². The lowest BCUT2D eigenvalue weighted by Gasteiger charge is -2.14. The number of aliphatic hydroxyl groups excluding tert-OH is 1. The molecule has 1 saturated heterocycles. The van der Waals surface area contributed by atoms with Crippen molar-refractivity contribution in [1.29, 1.82) is 0 Å². The van der Waals surface area contributed by atoms with E-state index in [1.807, 2.05) is 53.6 Å². The summed E-state index contributed by atoms with van der Waals surface area (Å²) in [5.41, 5.74) is 2.76. The average molecular weight is 491 g/mol. The number of likely N-dealkylation sites (tertiary alicyclic amines) is 1. The van der Waals surface area contributed by atoms with Gasteiger partial charge in [-0.05, 0) is 67.4 Å². The second-order valence-electron chi connectivity index (χ2n) is 9.04. The molecule has 4 heterocycles. The van der Waals surface area contributed by atoms with Gasteiger partial charge in [0, 0.05) is 47.5 Å². The lowest BCUT2D eigenvalue weighted by Crippen LogP contribution is -2.32. The summed E-state index contributed by atoms with van der Waals surface area (Å²) in [6, 6.07) is 13.6. The van der Waals surface area contributed by atoms with E-state index in [2.05, 4.69) is 25.9 Å². The SMILES string of the molecule is O=C(CN1CC[C@@H](O)C1)Nc1ccc(Sc2nc(Nc3cc(C4CC4)[nH]n3)c3cccn3n2)cc1. The Morgan fingerprint density at radius 2 is 2.06 bits per heavy atom. The second-order valence-corrected chi connectivity index (χ2v) is 10.1. The maximum absolute atomic E-state index is 12.3. The number of hydrogen-bond acceptors (Lipinski definition) is 8. The van der Waals surface area contributed by atoms with Crippen LogP contribution in [0.15, 0.2) is 58.7 Å². The summed E-state index contributed by atoms with van der Waals surface area (Å²) in [6.07, 6.45) is 4.71. The number of H-pyrrole nitrogens is 1. The summed E-state index contributed by atoms with van der Waals surface area (Å²) in [5.74, 6) is 1.95. The van der Waals surface area contributed by atoms with Crippen LogP contribution in [0.5, 0.6) is 0 Å². The van der Waals surface area contributed by atoms with Gasteiger partial charge in [-0.25, -0.2) is 9.50 Å². The first-order valence-corrected chi connectivity index (χ1v) is 12.6. The van der Waals surface area contributed by atoms with Crippen LogP contribution in [0.3, 0.4) is 0 Å². The Morgan fingerprint density at radius 3 is 2.83 bits per heavy atom. The number of benzene rings is 1. The lowest BCUT2D eigenvalue weighted by molar-refractivity contribution is -0.117. The topological polar surface area (TPSA) is 123 Å². The molecule has 4 aromatic rings. The molecule has 0 radical (unpaired) electrons. The van der Waals surface area contributed by atoms with Crippen molar-refractivity contribution in [2.45, 2.75) is 41.3 Å². The van der Waals surface area contributed by atoms with Crippen molar-refractivity contribution in [3.63, 3.8) is 0 Å². The number of amides is 1. The number of nitrogens with one attached hydrogen (secondary N) is 3. The monoisotopic (exact) mass is 490 g/mol. The molecule has 1 aliphatic heterocycles. The van der Waals surface area contributed by atoms with E-state index in [4.69, 9.17) is 4.98 Å². The first-order chi connectivity index (χ1) is 17.1. The highest BCUT2D eigenvalue weighted by Crippen LogP contribution is 2.39. The molecule has 180 valence electrons. The Kier molecular flexibility index (Phi) is 5.88. The fourth-order valence-electron chi connectivity index (χ4n) is 4.25. The predicted octanol–water partition coefficient (Wildman–Crippen LogP) is 3.23. The van der Waals surface area contributed by atoms with Gasteiger partial charge in [0.2, 0.25) is 11.1 Å². The van der Waals surface area contributed by atoms with Crippen LogP contribution in [0.2, 0.25) is 0 Å². The minimum absolute atomic E-state index is 0.0835. The highest BCUT2D eigenvalue weighted by Gasteiger charge is 2.26. The molecule has 10 nitrogen and oxygen atoms in total. The molecule has 1 amide bonds. The molecule has 0 spiro atoms. The molecule has 1 aliphatic carbocycles. The fraction of sp³-hybridized carbons (Fsp3) is 0.333. The van der Waals surface area contributed by atoms with E-state index in [1.54, 1.807) is 4.52 Å². The van der Waals surface area contributed by atoms with Gasteiger partial charge in [-0.2, -0.15) is 5.10 Å². The molecular formula is C24H26N8O2S. The Hall–Kier alpha value is -3.41. The molecule has 1 saturated carbocycles. The van der Waals surface area contributed by atoms with Crippen LogP contribution in [0.25, 0.3) is 5.52 Å². The van der Waals surface area contributed by atoms with Crippen LogP contribution in [0, 0.1) is 0 Å². The largest absolute Gasteiger partial charge is 0.392 e. The van der Waals surface area contributed by atoms with E-state index >= 15 is 0 Å². The minimum atomic E-state index is -0.331. The normalized spacial score (nSPS) is 18.3. The molecule has 4 N–H and O–H groups in total. The Morgan fingerprint density at radius 1 is 1.20 bits per heavy atom. The quantitative estimate of drug-likeness (QED) is 0.297. The average Bonchev–Trinajstić information content (AvgIpc) is 3.19. The molecule has 0 unspecified atom stereocenters. The minimum Gasteiger partial charge on any atom is -0.392 e. The standard InChI is InChI=1S/C24H26N8O2S/c33-17-9-11-31(13-17)14-22(34)25-16-5-7-18(8-6-16)35-24-27-23(20-2-1-10-32(20)30-24)26-21-12-19(28-29-21)15-3-4-15/h1-2,5-8,10,12,15,17,33H,3-4,9,11,13-14H2,(H,25,34)(H2,26,27,28,29,30)/t17-/m1/s1. The molecule has 0 bridgehead atoms. The van der Waals surface area contributed by atoms with Crippen molar-refractivity contribution in [3.05, 3.63) is 54.4 Å². The van der Waals surface area contributed by atoms with Gasteiger partial charge in [0.15, 0.2) is 11.6 Å². The molecule has 11 heteroatoms. The van der Waals surface area contributed by atoms with Gasteiger partial charge >= 0.3 is 0 Å². The summed E-state index contributed by atoms with van der Waals surface area (Å²) in [5, 5.41) is 28.6. The molecule has 2 aliphatic rings. The van der Waals surface area contributed by atoms with E-state index in [0.29, 0.717) is 23.4 Å². The number of aliphatic hydroxyl groups is 1. The number of hydrogen-bond donors (Lipinski definition) is 4. The zero-order valence-corrected chi connectivity index (χ0v) is 19.8. The molecule has 35 heavy (non-hydrogen) atoms. The number of aromatic amines is 1. The van der Waals surface area contributed by atoms with E-state index in [0.717, 1.165) is 40.6 Å². The smallest absolute Gasteiger partial charge is 0.238 e. The van der Waals surface area contributed by atoms with Gasteiger partial charge in [0.1, 0.15) is 5.52 Å². The summed E-state index contributed by atoms with van der Waals surface area (Å²) < 4.78 is 1.80. The second kappa shape index (κ2) is 9.33. The summed E-state index contributed by atoms with van der Waals surface area (Å²) in [6.45, 7) is 1.58. The maximum Gasteiger partial charge on any atom is 0.238 e. The molecule has 1 atom stereocenters. The van der Waals surface area contributed by atoms with Crippen molar-refractivity contribution >= 4 is 40.5 Å². The van der Waals surface area contributed by atoms with Crippen molar-refractivity contribution in [2.24, 2.45) is 0 Å². The maximum atomic E-state index is 12.3. The number of anilines is 3. The number of carbonyl (C=O) groups is 1. The highest BCUT2D eigenvalue weighted by atomic mass is 32.2. The number of aromatic nitrogens is 5. The molecule has 3 aromatic heterocycles. The zero-order chi connectivity index (χ0) is 23.8. The third-order valence-corrected chi connectivity index (χ3v) is 7.06. The summed E-state index contributed by atoms with van der Waals surface area (Å²) in [7, 11) is 0. The molecule has 1 aromatic carbocycles. The van der Waals surface area contributed by atoms with Crippen molar-refractivity contribution < 1.29 is 9.90 Å². The molecular weight excluding hydrogens is 464 g/mol. The summed E-state index contributed by atoms with van der Waals surface area (Å²) >= 11 is 1.44. The van der Waals surface area contributed by atoms with Crippen molar-refractivity contribution in [2.75, 3.05) is 30.3 Å². The zero-order valence-electron chi connectivity index (χ0n) is 19.0. The van der Waals surface area contributed by atoms with Crippen LogP contribution in [-0.2, 0) is 4.79 Å². The van der Waals surface area contributed by atoms with Gasteiger partial charge in [-0.1, -0.05) is 0 Å². The van der Waals surface area contributed by atoms with E-state index in [1.165, 1.54) is 24.6 Å². The van der Waals surface area contributed by atoms with Crippen LogP contribution in [0.1, 0.15) is 30.9 Å². The number of nitrogens with zero attached hydrogens (tertiary/aromatic N) is 5. The van der Waals surface area contributed by atoms with Crippen LogP contribution < -0.4 is 10.6 Å². The first kappa shape index (κ1) is 22.1. The first-order valence-electron chi connectivity index (χ1n) is 11.7. The lowest BCUT2D eigenvalue weighted by atomic mass is 10.3. The third-order valence-electron chi connectivity index (χ3n) is 6.19. The van der Waals surface area contributed by atoms with Gasteiger partial charge in [-0.3, -0.25) is 14.8 Å². The van der Waals surface area contributed by atoms with Gasteiger partial charge < -0.3 is 15.7 Å². The van der Waals surface area contributed by atoms with Crippen molar-refractivity contribution in [1.82, 2.24) is 29.7 Å². The predicted molar refractivity (Wildman–Crippen MR) is 133 cm³/mol. The van der Waals surface area contributed by atoms with Crippen LogP contribution in [0.4, 0.5) is 17.3 Å². The summed E-state index contributed by atoms with van der Waals surface area (Å²) in [4.78, 5) is 20.0. The number of fused-ring (bicyclic) bond motifs is 1. The highest BCUT2D eigenvalue weighted by molar-refractivity contribution is 7.99. The molecule has 6 rings (SSSR count). The van der Waals surface area contributed by atoms with E-state index in [9.17, 15) is 9.90 Å². The number of rotatable bonds is 8. The van der Waals surface area contributed by atoms with Gasteiger partial charge in [0.05, 0.1) is 12.6 Å². The van der Waals surface area contributed by atoms with E-state index < -0.39 is 0 Å². The van der Waals surface area contributed by atoms with E-state index in [-0.39, 0.29) is 18.6 Å². The third kappa shape index (κ3) is 5.16. The van der Waals surface area contributed by atoms with Crippen LogP contribution in [-0.4, -0.2) is 66.4 Å². The number of carbonyl (C=O) groups excluding carboxylic acids is 1. The van der Waals surface area contributed by atoms with Gasteiger partial charge in [-0.15, -0.1) is 5.10 Å². The Balaban J connectivity index is 1.13. The fourth-order valence-corrected chi connectivity index (χ4v) is 4.99. The Bertz CT molecular complexity index is 1350. The molecule has 2 fully saturated rings. The Labute approximate surface area is 206 Å².